The Kier molecular flexibility index (Phi) is 5.59. The molecule has 0 amide bonds. The van der Waals surface area contributed by atoms with Crippen LogP contribution in [0.1, 0.15) is 23.5 Å². The molecule has 1 fully saturated rings. The normalized spacial score (nSPS) is 18.1. The number of anilines is 1. The molecule has 1 N–H and O–H groups in total. The predicted octanol–water partition coefficient (Wildman–Crippen LogP) is 6.96. The zero-order chi connectivity index (χ0) is 22.2. The van der Waals surface area contributed by atoms with Crippen molar-refractivity contribution in [2.24, 2.45) is 0 Å². The Morgan fingerprint density at radius 1 is 0.969 bits per heavy atom. The number of hydrogen-bond acceptors (Lipinski definition) is 3. The van der Waals surface area contributed by atoms with Gasteiger partial charge in [0.2, 0.25) is 0 Å². The van der Waals surface area contributed by atoms with Crippen LogP contribution in [0.15, 0.2) is 83.4 Å². The molecule has 2 aromatic carbocycles. The molecule has 0 unspecified atom stereocenters. The van der Waals surface area contributed by atoms with Crippen LogP contribution in [0.3, 0.4) is 0 Å². The lowest BCUT2D eigenvalue weighted by Gasteiger charge is -2.26. The summed E-state index contributed by atoms with van der Waals surface area (Å²) in [6.07, 6.45) is 1.73. The summed E-state index contributed by atoms with van der Waals surface area (Å²) < 4.78 is 19.9. The van der Waals surface area contributed by atoms with E-state index in [1.165, 1.54) is 12.1 Å². The average Bonchev–Trinajstić information content (AvgIpc) is 3.41. The first kappa shape index (κ1) is 20.9. The first-order valence-electron chi connectivity index (χ1n) is 9.83. The fourth-order valence-electron chi connectivity index (χ4n) is 3.87. The Bertz CT molecular complexity index is 1280. The number of nitrogens with zero attached hydrogens (tertiary/aromatic N) is 2. The number of hydrogen-bond donors (Lipinski definition) is 1. The number of halogens is 3. The molecule has 0 spiro atoms. The van der Waals surface area contributed by atoms with Crippen molar-refractivity contribution in [2.75, 3.05) is 4.90 Å². The highest BCUT2D eigenvalue weighted by Crippen LogP contribution is 2.43. The number of aromatic nitrogens is 1. The highest BCUT2D eigenvalue weighted by molar-refractivity contribution is 7.80. The Hall–Kier alpha value is -2.93. The van der Waals surface area contributed by atoms with Gasteiger partial charge in [-0.05, 0) is 72.9 Å². The minimum atomic E-state index is -0.352. The topological polar surface area (TPSA) is 41.3 Å². The number of furan rings is 1. The second-order valence-electron chi connectivity index (χ2n) is 7.28. The molecule has 160 valence electrons. The fourth-order valence-corrected chi connectivity index (χ4v) is 4.61. The fraction of sp³-hybridized carbons (Fsp3) is 0.0833. The van der Waals surface area contributed by atoms with Crippen molar-refractivity contribution in [1.29, 1.82) is 0 Å². The molecule has 2 atom stereocenters. The van der Waals surface area contributed by atoms with Crippen LogP contribution < -0.4 is 10.2 Å². The van der Waals surface area contributed by atoms with E-state index in [-0.39, 0.29) is 17.9 Å². The van der Waals surface area contributed by atoms with Gasteiger partial charge in [-0.25, -0.2) is 4.39 Å². The highest BCUT2D eigenvalue weighted by Gasteiger charge is 2.42. The van der Waals surface area contributed by atoms with Gasteiger partial charge in [0.15, 0.2) is 5.11 Å². The Morgan fingerprint density at radius 3 is 2.53 bits per heavy atom. The van der Waals surface area contributed by atoms with Gasteiger partial charge in [0.25, 0.3) is 0 Å². The van der Waals surface area contributed by atoms with Crippen LogP contribution in [0.5, 0.6) is 0 Å². The quantitative estimate of drug-likeness (QED) is 0.317. The SMILES string of the molecule is Fc1ccc(N2C(=S)N[C@@H](c3ccccn3)[C@@H]2c2ccc(-c3cccc(Cl)c3Cl)o2)cc1. The van der Waals surface area contributed by atoms with Crippen LogP contribution in [-0.2, 0) is 0 Å². The van der Waals surface area contributed by atoms with Crippen LogP contribution in [0.4, 0.5) is 10.1 Å². The summed E-state index contributed by atoms with van der Waals surface area (Å²) in [5.41, 5.74) is 2.25. The molecule has 2 aromatic heterocycles. The van der Waals surface area contributed by atoms with Crippen molar-refractivity contribution in [3.63, 3.8) is 0 Å². The first-order chi connectivity index (χ1) is 15.5. The van der Waals surface area contributed by atoms with Crippen molar-refractivity contribution in [1.82, 2.24) is 10.3 Å². The van der Waals surface area contributed by atoms with Crippen LogP contribution in [0.2, 0.25) is 10.0 Å². The van der Waals surface area contributed by atoms with E-state index in [1.807, 2.05) is 47.4 Å². The van der Waals surface area contributed by atoms with Crippen LogP contribution in [-0.4, -0.2) is 10.1 Å². The molecular formula is C24H16Cl2FN3OS. The molecule has 0 saturated carbocycles. The lowest BCUT2D eigenvalue weighted by atomic mass is 10.0. The van der Waals surface area contributed by atoms with Gasteiger partial charge in [0, 0.05) is 17.4 Å². The zero-order valence-electron chi connectivity index (χ0n) is 16.5. The molecule has 0 bridgehead atoms. The Morgan fingerprint density at radius 2 is 1.78 bits per heavy atom. The number of thiocarbonyl (C=S) groups is 1. The molecule has 0 aliphatic carbocycles. The molecule has 4 aromatic rings. The minimum absolute atomic E-state index is 0.275. The van der Waals surface area contributed by atoms with Crippen molar-refractivity contribution < 1.29 is 8.81 Å². The Balaban J connectivity index is 1.61. The van der Waals surface area contributed by atoms with E-state index in [1.54, 1.807) is 24.4 Å². The average molecular weight is 484 g/mol. The Labute approximate surface area is 199 Å². The molecule has 8 heteroatoms. The molecular weight excluding hydrogens is 468 g/mol. The van der Waals surface area contributed by atoms with Crippen molar-refractivity contribution in [3.8, 4) is 11.3 Å². The van der Waals surface area contributed by atoms with Gasteiger partial charge in [-0.15, -0.1) is 0 Å². The summed E-state index contributed by atoms with van der Waals surface area (Å²) >= 11 is 18.3. The predicted molar refractivity (Wildman–Crippen MR) is 128 cm³/mol. The van der Waals surface area contributed by atoms with Gasteiger partial charge < -0.3 is 14.6 Å². The monoisotopic (exact) mass is 483 g/mol. The second-order valence-corrected chi connectivity index (χ2v) is 8.45. The molecule has 32 heavy (non-hydrogen) atoms. The van der Waals surface area contributed by atoms with Gasteiger partial charge in [-0.2, -0.15) is 0 Å². The summed E-state index contributed by atoms with van der Waals surface area (Å²) in [5.74, 6) is 0.924. The van der Waals surface area contributed by atoms with Gasteiger partial charge >= 0.3 is 0 Å². The summed E-state index contributed by atoms with van der Waals surface area (Å²) in [4.78, 5) is 6.43. The summed E-state index contributed by atoms with van der Waals surface area (Å²) in [7, 11) is 0. The maximum atomic E-state index is 13.6. The zero-order valence-corrected chi connectivity index (χ0v) is 18.8. The third kappa shape index (κ3) is 3.75. The van der Waals surface area contributed by atoms with Crippen LogP contribution >= 0.6 is 35.4 Å². The third-order valence-electron chi connectivity index (χ3n) is 5.34. The molecule has 5 rings (SSSR count). The molecule has 0 radical (unpaired) electrons. The highest BCUT2D eigenvalue weighted by atomic mass is 35.5. The smallest absolute Gasteiger partial charge is 0.174 e. The molecule has 4 nitrogen and oxygen atoms in total. The largest absolute Gasteiger partial charge is 0.459 e. The van der Waals surface area contributed by atoms with E-state index in [0.29, 0.717) is 32.2 Å². The summed E-state index contributed by atoms with van der Waals surface area (Å²) in [6.45, 7) is 0. The molecule has 1 aliphatic rings. The first-order valence-corrected chi connectivity index (χ1v) is 11.0. The van der Waals surface area contributed by atoms with Crippen molar-refractivity contribution in [3.05, 3.63) is 106 Å². The number of rotatable bonds is 4. The number of benzene rings is 2. The molecule has 3 heterocycles. The van der Waals surface area contributed by atoms with E-state index in [4.69, 9.17) is 39.8 Å². The summed E-state index contributed by atoms with van der Waals surface area (Å²) in [5, 5.41) is 4.71. The van der Waals surface area contributed by atoms with Crippen molar-refractivity contribution >= 4 is 46.2 Å². The molecule has 1 aliphatic heterocycles. The van der Waals surface area contributed by atoms with E-state index in [9.17, 15) is 4.39 Å². The lowest BCUT2D eigenvalue weighted by Crippen LogP contribution is -2.29. The third-order valence-corrected chi connectivity index (χ3v) is 6.47. The second kappa shape index (κ2) is 8.54. The van der Waals surface area contributed by atoms with E-state index < -0.39 is 0 Å². The van der Waals surface area contributed by atoms with Gasteiger partial charge in [-0.3, -0.25) is 4.98 Å². The summed E-state index contributed by atoms with van der Waals surface area (Å²) in [6, 6.07) is 20.4. The van der Waals surface area contributed by atoms with Gasteiger partial charge in [-0.1, -0.05) is 35.3 Å². The number of pyridine rings is 1. The van der Waals surface area contributed by atoms with Crippen LogP contribution in [0, 0.1) is 5.82 Å². The molecule has 1 saturated heterocycles. The van der Waals surface area contributed by atoms with Crippen LogP contribution in [0.25, 0.3) is 11.3 Å². The lowest BCUT2D eigenvalue weighted by molar-refractivity contribution is 0.439. The maximum Gasteiger partial charge on any atom is 0.174 e. The van der Waals surface area contributed by atoms with E-state index in [0.717, 1.165) is 11.4 Å². The number of nitrogens with one attached hydrogen (secondary N) is 1. The van der Waals surface area contributed by atoms with Crippen molar-refractivity contribution in [2.45, 2.75) is 12.1 Å². The minimum Gasteiger partial charge on any atom is -0.459 e. The van der Waals surface area contributed by atoms with Gasteiger partial charge in [0.1, 0.15) is 23.4 Å². The van der Waals surface area contributed by atoms with E-state index in [2.05, 4.69) is 10.3 Å². The van der Waals surface area contributed by atoms with E-state index >= 15 is 0 Å². The van der Waals surface area contributed by atoms with Gasteiger partial charge in [0.05, 0.1) is 21.8 Å². The standard InChI is InChI=1S/C24H16Cl2FN3OS/c25-17-5-3-4-16(21(17)26)19-11-12-20(31-19)23-22(18-6-1-2-13-28-18)29-24(32)30(23)15-9-7-14(27)8-10-15/h1-13,22-23H,(H,29,32)/t22-,23-/m0/s1. The maximum absolute atomic E-state index is 13.6.